The van der Waals surface area contributed by atoms with Gasteiger partial charge in [0.05, 0.1) is 6.54 Å². The number of aromatic nitrogens is 2. The van der Waals surface area contributed by atoms with Gasteiger partial charge >= 0.3 is 0 Å². The lowest BCUT2D eigenvalue weighted by atomic mass is 10.1. The van der Waals surface area contributed by atoms with Gasteiger partial charge in [-0.1, -0.05) is 38.1 Å². The molecule has 17 heavy (non-hydrogen) atoms. The average molecular weight is 237 g/mol. The smallest absolute Gasteiger partial charge is 0.240 e. The van der Waals surface area contributed by atoms with Crippen LogP contribution in [0.4, 0.5) is 0 Å². The van der Waals surface area contributed by atoms with Gasteiger partial charge in [-0.15, -0.1) is 0 Å². The van der Waals surface area contributed by atoms with Crippen molar-refractivity contribution >= 4 is 0 Å². The van der Waals surface area contributed by atoms with Gasteiger partial charge < -0.3 is 4.52 Å². The van der Waals surface area contributed by atoms with Gasteiger partial charge in [0.2, 0.25) is 5.89 Å². The highest BCUT2D eigenvalue weighted by Gasteiger charge is 2.11. The number of hydrogen-bond acceptors (Lipinski definition) is 4. The highest BCUT2D eigenvalue weighted by Crippen LogP contribution is 2.07. The predicted octanol–water partition coefficient (Wildman–Crippen LogP) is 2.67. The van der Waals surface area contributed by atoms with Crippen molar-refractivity contribution < 1.29 is 4.52 Å². The Hall–Kier alpha value is -1.16. The standard InChI is InChI=1S/C13H23N3O/c1-6-16(8-11(4)5)9-13-14-12(15-17-13)7-10(2)3/h10H,4,6-9H2,1-3,5H3. The summed E-state index contributed by atoms with van der Waals surface area (Å²) in [5.41, 5.74) is 1.15. The highest BCUT2D eigenvalue weighted by molar-refractivity contribution is 4.93. The predicted molar refractivity (Wildman–Crippen MR) is 68.6 cm³/mol. The fourth-order valence-corrected chi connectivity index (χ4v) is 1.65. The summed E-state index contributed by atoms with van der Waals surface area (Å²) in [5, 5.41) is 3.99. The molecule has 0 aliphatic heterocycles. The van der Waals surface area contributed by atoms with E-state index in [1.807, 2.05) is 6.92 Å². The van der Waals surface area contributed by atoms with Crippen molar-refractivity contribution in [2.24, 2.45) is 5.92 Å². The Labute approximate surface area is 104 Å². The Morgan fingerprint density at radius 3 is 2.71 bits per heavy atom. The molecule has 0 aromatic carbocycles. The van der Waals surface area contributed by atoms with E-state index in [-0.39, 0.29) is 0 Å². The Morgan fingerprint density at radius 2 is 2.18 bits per heavy atom. The van der Waals surface area contributed by atoms with Crippen molar-refractivity contribution in [1.29, 1.82) is 0 Å². The van der Waals surface area contributed by atoms with E-state index in [1.54, 1.807) is 0 Å². The molecular formula is C13H23N3O. The van der Waals surface area contributed by atoms with E-state index in [1.165, 1.54) is 0 Å². The lowest BCUT2D eigenvalue weighted by Crippen LogP contribution is -2.24. The van der Waals surface area contributed by atoms with E-state index in [2.05, 4.69) is 42.4 Å². The molecule has 0 N–H and O–H groups in total. The maximum Gasteiger partial charge on any atom is 0.240 e. The van der Waals surface area contributed by atoms with Crippen molar-refractivity contribution in [1.82, 2.24) is 15.0 Å². The molecule has 0 fully saturated rings. The van der Waals surface area contributed by atoms with Gasteiger partial charge in [0.15, 0.2) is 5.82 Å². The number of rotatable bonds is 7. The zero-order valence-corrected chi connectivity index (χ0v) is 11.4. The molecule has 0 atom stereocenters. The number of likely N-dealkylation sites (N-methyl/N-ethyl adjacent to an activating group) is 1. The maximum absolute atomic E-state index is 5.25. The van der Waals surface area contributed by atoms with Gasteiger partial charge in [-0.25, -0.2) is 0 Å². The number of hydrogen-bond donors (Lipinski definition) is 0. The Kier molecular flexibility index (Phi) is 5.35. The van der Waals surface area contributed by atoms with Gasteiger partial charge in [-0.2, -0.15) is 4.98 Å². The van der Waals surface area contributed by atoms with Gasteiger partial charge in [-0.3, -0.25) is 4.90 Å². The first-order valence-electron chi connectivity index (χ1n) is 6.19. The van der Waals surface area contributed by atoms with E-state index in [9.17, 15) is 0 Å². The van der Waals surface area contributed by atoms with E-state index in [0.717, 1.165) is 30.9 Å². The molecule has 1 rings (SSSR count). The van der Waals surface area contributed by atoms with Crippen molar-refractivity contribution in [3.63, 3.8) is 0 Å². The van der Waals surface area contributed by atoms with Gasteiger partial charge in [0.25, 0.3) is 0 Å². The molecule has 0 amide bonds. The summed E-state index contributed by atoms with van der Waals surface area (Å²) in [6, 6.07) is 0. The van der Waals surface area contributed by atoms with Crippen molar-refractivity contribution in [2.45, 2.75) is 40.7 Å². The minimum atomic E-state index is 0.554. The summed E-state index contributed by atoms with van der Waals surface area (Å²) in [6.07, 6.45) is 0.871. The first-order valence-corrected chi connectivity index (χ1v) is 6.19. The first kappa shape index (κ1) is 13.9. The molecule has 1 aromatic heterocycles. The van der Waals surface area contributed by atoms with Crippen LogP contribution in [0.2, 0.25) is 0 Å². The third kappa shape index (κ3) is 5.13. The van der Waals surface area contributed by atoms with Crippen LogP contribution in [-0.4, -0.2) is 28.1 Å². The molecule has 0 spiro atoms. The molecule has 0 aliphatic carbocycles. The molecule has 4 heteroatoms. The molecule has 1 heterocycles. The summed E-state index contributed by atoms with van der Waals surface area (Å²) in [4.78, 5) is 6.63. The fraction of sp³-hybridized carbons (Fsp3) is 0.692. The summed E-state index contributed by atoms with van der Waals surface area (Å²) in [6.45, 7) is 14.9. The Balaban J connectivity index is 2.54. The minimum Gasteiger partial charge on any atom is -0.338 e. The van der Waals surface area contributed by atoms with Crippen LogP contribution in [-0.2, 0) is 13.0 Å². The monoisotopic (exact) mass is 237 g/mol. The minimum absolute atomic E-state index is 0.554. The van der Waals surface area contributed by atoms with E-state index >= 15 is 0 Å². The van der Waals surface area contributed by atoms with Gasteiger partial charge in [0, 0.05) is 13.0 Å². The van der Waals surface area contributed by atoms with Gasteiger partial charge in [-0.05, 0) is 19.4 Å². The summed E-state index contributed by atoms with van der Waals surface area (Å²) >= 11 is 0. The summed E-state index contributed by atoms with van der Waals surface area (Å²) in [5.74, 6) is 2.06. The second-order valence-corrected chi connectivity index (χ2v) is 4.96. The Morgan fingerprint density at radius 1 is 1.47 bits per heavy atom. The van der Waals surface area contributed by atoms with Crippen LogP contribution in [0.3, 0.4) is 0 Å². The SMILES string of the molecule is C=C(C)CN(CC)Cc1nc(CC(C)C)no1. The lowest BCUT2D eigenvalue weighted by Gasteiger charge is -2.17. The first-order chi connectivity index (χ1) is 8.01. The van der Waals surface area contributed by atoms with E-state index < -0.39 is 0 Å². The molecule has 0 aliphatic rings. The molecule has 0 radical (unpaired) electrons. The van der Waals surface area contributed by atoms with Crippen LogP contribution in [0.25, 0.3) is 0 Å². The molecule has 4 nitrogen and oxygen atoms in total. The van der Waals surface area contributed by atoms with Crippen LogP contribution in [0, 0.1) is 5.92 Å². The molecule has 0 unspecified atom stereocenters. The summed E-state index contributed by atoms with van der Waals surface area (Å²) in [7, 11) is 0. The van der Waals surface area contributed by atoms with Crippen LogP contribution < -0.4 is 0 Å². The van der Waals surface area contributed by atoms with Crippen LogP contribution in [0.5, 0.6) is 0 Å². The third-order valence-electron chi connectivity index (χ3n) is 2.40. The zero-order chi connectivity index (χ0) is 12.8. The second-order valence-electron chi connectivity index (χ2n) is 4.96. The quantitative estimate of drug-likeness (QED) is 0.684. The van der Waals surface area contributed by atoms with Crippen LogP contribution in [0.15, 0.2) is 16.7 Å². The lowest BCUT2D eigenvalue weighted by molar-refractivity contribution is 0.251. The Bertz CT molecular complexity index is 357. The van der Waals surface area contributed by atoms with E-state index in [4.69, 9.17) is 4.52 Å². The molecule has 0 saturated heterocycles. The van der Waals surface area contributed by atoms with Crippen molar-refractivity contribution in [3.05, 3.63) is 23.9 Å². The highest BCUT2D eigenvalue weighted by atomic mass is 16.5. The normalized spacial score (nSPS) is 11.4. The average Bonchev–Trinajstić information content (AvgIpc) is 2.62. The van der Waals surface area contributed by atoms with Gasteiger partial charge in [0.1, 0.15) is 0 Å². The van der Waals surface area contributed by atoms with Crippen molar-refractivity contribution in [3.8, 4) is 0 Å². The molecule has 96 valence electrons. The second kappa shape index (κ2) is 6.55. The zero-order valence-electron chi connectivity index (χ0n) is 11.4. The van der Waals surface area contributed by atoms with Crippen LogP contribution in [0.1, 0.15) is 39.4 Å². The largest absolute Gasteiger partial charge is 0.338 e. The summed E-state index contributed by atoms with van der Waals surface area (Å²) < 4.78 is 5.25. The molecule has 0 saturated carbocycles. The molecule has 0 bridgehead atoms. The van der Waals surface area contributed by atoms with Crippen molar-refractivity contribution in [2.75, 3.05) is 13.1 Å². The van der Waals surface area contributed by atoms with E-state index in [0.29, 0.717) is 18.4 Å². The third-order valence-corrected chi connectivity index (χ3v) is 2.40. The molecule has 1 aromatic rings. The fourth-order valence-electron chi connectivity index (χ4n) is 1.65. The van der Waals surface area contributed by atoms with Crippen LogP contribution >= 0.6 is 0 Å². The maximum atomic E-state index is 5.25. The topological polar surface area (TPSA) is 42.2 Å². The molecular weight excluding hydrogens is 214 g/mol. The number of nitrogens with zero attached hydrogens (tertiary/aromatic N) is 3.